The summed E-state index contributed by atoms with van der Waals surface area (Å²) in [6.07, 6.45) is -2.88. The van der Waals surface area contributed by atoms with Crippen molar-refractivity contribution in [2.75, 3.05) is 11.6 Å². The van der Waals surface area contributed by atoms with Crippen LogP contribution in [-0.4, -0.2) is 37.8 Å². The van der Waals surface area contributed by atoms with Crippen molar-refractivity contribution in [3.05, 3.63) is 23.8 Å². The minimum Gasteiger partial charge on any atom is -0.478 e. The maximum Gasteiger partial charge on any atom is 0.392 e. The fraction of sp³-hybridized carbons (Fsp3) is 0.500. The zero-order chi connectivity index (χ0) is 19.7. The number of carboxylic acids is 1. The molecule has 1 aliphatic carbocycles. The van der Waals surface area contributed by atoms with Gasteiger partial charge in [0.25, 0.3) is 0 Å². The molecule has 2 rings (SSSR count). The van der Waals surface area contributed by atoms with Gasteiger partial charge in [0.2, 0.25) is 5.91 Å². The number of carboxylic acid groups (broad SMARTS) is 1. The average molecular weight is 393 g/mol. The fourth-order valence-electron chi connectivity index (χ4n) is 3.08. The van der Waals surface area contributed by atoms with Crippen molar-refractivity contribution < 1.29 is 36.3 Å². The number of nitrogens with one attached hydrogen (secondary N) is 1. The van der Waals surface area contributed by atoms with Crippen LogP contribution in [0.25, 0.3) is 0 Å². The zero-order valence-electron chi connectivity index (χ0n) is 13.8. The third-order valence-electron chi connectivity index (χ3n) is 4.37. The van der Waals surface area contributed by atoms with E-state index in [0.29, 0.717) is 12.8 Å². The van der Waals surface area contributed by atoms with Crippen molar-refractivity contribution >= 4 is 27.4 Å². The number of carbonyl (C=O) groups excluding carboxylic acids is 1. The van der Waals surface area contributed by atoms with Crippen LogP contribution in [0.1, 0.15) is 36.0 Å². The Hall–Kier alpha value is -2.10. The van der Waals surface area contributed by atoms with Gasteiger partial charge in [0.05, 0.1) is 16.4 Å². The molecule has 0 aliphatic heterocycles. The van der Waals surface area contributed by atoms with Crippen LogP contribution in [0.2, 0.25) is 0 Å². The lowest BCUT2D eigenvalue weighted by atomic mass is 9.78. The molecule has 1 aromatic carbocycles. The van der Waals surface area contributed by atoms with Crippen LogP contribution < -0.4 is 5.32 Å². The number of hydrogen-bond acceptors (Lipinski definition) is 4. The standard InChI is InChI=1S/C16H18F3NO5S/c1-26(24,25)11-7-9(15(22)23)6-10(8-11)20-14(21)12-4-2-3-5-13(12)16(17,18)19/h6-8,12-13H,2-5H2,1H3,(H,20,21)(H,22,23). The van der Waals surface area contributed by atoms with Crippen molar-refractivity contribution in [2.45, 2.75) is 36.8 Å². The van der Waals surface area contributed by atoms with Gasteiger partial charge in [-0.25, -0.2) is 13.2 Å². The van der Waals surface area contributed by atoms with Gasteiger partial charge in [-0.05, 0) is 31.0 Å². The second kappa shape index (κ2) is 7.26. The minimum atomic E-state index is -4.51. The topological polar surface area (TPSA) is 101 Å². The van der Waals surface area contributed by atoms with E-state index in [2.05, 4.69) is 5.32 Å². The largest absolute Gasteiger partial charge is 0.478 e. The Morgan fingerprint density at radius 2 is 1.77 bits per heavy atom. The molecule has 1 saturated carbocycles. The predicted octanol–water partition coefficient (Wildman–Crippen LogP) is 3.10. The number of anilines is 1. The van der Waals surface area contributed by atoms with Crippen molar-refractivity contribution in [3.63, 3.8) is 0 Å². The van der Waals surface area contributed by atoms with Crippen LogP contribution in [0.15, 0.2) is 23.1 Å². The number of alkyl halides is 3. The van der Waals surface area contributed by atoms with E-state index in [4.69, 9.17) is 5.11 Å². The van der Waals surface area contributed by atoms with E-state index in [1.54, 1.807) is 0 Å². The molecule has 10 heteroatoms. The summed E-state index contributed by atoms with van der Waals surface area (Å²) in [5.41, 5.74) is -0.555. The summed E-state index contributed by atoms with van der Waals surface area (Å²) in [7, 11) is -3.77. The van der Waals surface area contributed by atoms with E-state index >= 15 is 0 Å². The first kappa shape index (κ1) is 20.2. The average Bonchev–Trinajstić information content (AvgIpc) is 2.52. The highest BCUT2D eigenvalue weighted by Crippen LogP contribution is 2.42. The number of sulfone groups is 1. The first-order valence-electron chi connectivity index (χ1n) is 7.85. The van der Waals surface area contributed by atoms with E-state index < -0.39 is 39.7 Å². The van der Waals surface area contributed by atoms with Gasteiger partial charge in [-0.3, -0.25) is 4.79 Å². The van der Waals surface area contributed by atoms with Gasteiger partial charge < -0.3 is 10.4 Å². The van der Waals surface area contributed by atoms with Crippen molar-refractivity contribution in [1.82, 2.24) is 0 Å². The Bertz CT molecular complexity index is 820. The quantitative estimate of drug-likeness (QED) is 0.819. The first-order valence-corrected chi connectivity index (χ1v) is 9.75. The molecule has 0 saturated heterocycles. The summed E-state index contributed by atoms with van der Waals surface area (Å²) in [5.74, 6) is -5.38. The van der Waals surface area contributed by atoms with Crippen LogP contribution >= 0.6 is 0 Å². The van der Waals surface area contributed by atoms with E-state index in [1.165, 1.54) is 0 Å². The molecule has 0 radical (unpaired) electrons. The van der Waals surface area contributed by atoms with Gasteiger partial charge in [-0.1, -0.05) is 12.8 Å². The summed E-state index contributed by atoms with van der Waals surface area (Å²) in [6, 6.07) is 2.97. The minimum absolute atomic E-state index is 0.0631. The molecule has 26 heavy (non-hydrogen) atoms. The highest BCUT2D eigenvalue weighted by Gasteiger charge is 2.48. The molecule has 1 amide bonds. The SMILES string of the molecule is CS(=O)(=O)c1cc(NC(=O)C2CCCCC2C(F)(F)F)cc(C(=O)O)c1. The highest BCUT2D eigenvalue weighted by atomic mass is 32.2. The lowest BCUT2D eigenvalue weighted by Crippen LogP contribution is -2.39. The Labute approximate surface area is 148 Å². The molecule has 2 atom stereocenters. The Balaban J connectivity index is 2.33. The van der Waals surface area contributed by atoms with Gasteiger partial charge in [0.15, 0.2) is 9.84 Å². The first-order chi connectivity index (χ1) is 11.9. The molecule has 144 valence electrons. The van der Waals surface area contributed by atoms with Gasteiger partial charge >= 0.3 is 12.1 Å². The molecular formula is C16H18F3NO5S. The second-order valence-corrected chi connectivity index (χ2v) is 8.37. The van der Waals surface area contributed by atoms with Gasteiger partial charge in [0, 0.05) is 17.9 Å². The van der Waals surface area contributed by atoms with Gasteiger partial charge in [-0.2, -0.15) is 13.2 Å². The molecule has 2 N–H and O–H groups in total. The van der Waals surface area contributed by atoms with E-state index in [-0.39, 0.29) is 29.0 Å². The molecule has 0 heterocycles. The number of carbonyl (C=O) groups is 2. The van der Waals surface area contributed by atoms with Crippen LogP contribution in [0, 0.1) is 11.8 Å². The Morgan fingerprint density at radius 1 is 1.15 bits per heavy atom. The van der Waals surface area contributed by atoms with Crippen LogP contribution in [0.3, 0.4) is 0 Å². The highest BCUT2D eigenvalue weighted by molar-refractivity contribution is 7.90. The monoisotopic (exact) mass is 393 g/mol. The molecule has 0 aromatic heterocycles. The van der Waals surface area contributed by atoms with Crippen LogP contribution in [-0.2, 0) is 14.6 Å². The molecule has 0 spiro atoms. The second-order valence-electron chi connectivity index (χ2n) is 6.35. The molecule has 1 aromatic rings. The summed E-state index contributed by atoms with van der Waals surface area (Å²) in [5, 5.41) is 11.3. The number of aromatic carboxylic acids is 1. The number of rotatable bonds is 4. The van der Waals surface area contributed by atoms with E-state index in [9.17, 15) is 31.2 Å². The summed E-state index contributed by atoms with van der Waals surface area (Å²) < 4.78 is 62.8. The fourth-order valence-corrected chi connectivity index (χ4v) is 3.76. The smallest absolute Gasteiger partial charge is 0.392 e. The summed E-state index contributed by atoms with van der Waals surface area (Å²) in [4.78, 5) is 23.2. The summed E-state index contributed by atoms with van der Waals surface area (Å²) >= 11 is 0. The lowest BCUT2D eigenvalue weighted by molar-refractivity contribution is -0.197. The van der Waals surface area contributed by atoms with Crippen molar-refractivity contribution in [3.8, 4) is 0 Å². The molecule has 6 nitrogen and oxygen atoms in total. The molecule has 0 bridgehead atoms. The number of amides is 1. The molecule has 2 unspecified atom stereocenters. The Kier molecular flexibility index (Phi) is 5.64. The van der Waals surface area contributed by atoms with E-state index in [1.807, 2.05) is 0 Å². The zero-order valence-corrected chi connectivity index (χ0v) is 14.7. The number of halogens is 3. The van der Waals surface area contributed by atoms with E-state index in [0.717, 1.165) is 24.5 Å². The number of benzene rings is 1. The molecular weight excluding hydrogens is 375 g/mol. The maximum absolute atomic E-state index is 13.1. The van der Waals surface area contributed by atoms with Gasteiger partial charge in [-0.15, -0.1) is 0 Å². The lowest BCUT2D eigenvalue weighted by Gasteiger charge is -2.32. The van der Waals surface area contributed by atoms with Crippen molar-refractivity contribution in [2.24, 2.45) is 11.8 Å². The molecule has 1 fully saturated rings. The number of hydrogen-bond donors (Lipinski definition) is 2. The van der Waals surface area contributed by atoms with Crippen LogP contribution in [0.5, 0.6) is 0 Å². The van der Waals surface area contributed by atoms with Crippen molar-refractivity contribution in [1.29, 1.82) is 0 Å². The van der Waals surface area contributed by atoms with Gasteiger partial charge in [0.1, 0.15) is 0 Å². The Morgan fingerprint density at radius 3 is 2.31 bits per heavy atom. The summed E-state index contributed by atoms with van der Waals surface area (Å²) in [6.45, 7) is 0. The maximum atomic E-state index is 13.1. The third kappa shape index (κ3) is 4.75. The normalized spacial score (nSPS) is 21.2. The van der Waals surface area contributed by atoms with Crippen LogP contribution in [0.4, 0.5) is 18.9 Å². The molecule has 1 aliphatic rings. The predicted molar refractivity (Wildman–Crippen MR) is 86.6 cm³/mol. The third-order valence-corrected chi connectivity index (χ3v) is 5.46.